The van der Waals surface area contributed by atoms with Crippen LogP contribution in [0, 0.1) is 6.92 Å². The van der Waals surface area contributed by atoms with Crippen LogP contribution in [-0.4, -0.2) is 41.7 Å². The lowest BCUT2D eigenvalue weighted by atomic mass is 10.2. The van der Waals surface area contributed by atoms with Crippen LogP contribution in [0.15, 0.2) is 28.8 Å². The van der Waals surface area contributed by atoms with Crippen LogP contribution in [0.2, 0.25) is 0 Å². The zero-order chi connectivity index (χ0) is 15.5. The van der Waals surface area contributed by atoms with Gasteiger partial charge in [0, 0.05) is 19.6 Å². The van der Waals surface area contributed by atoms with E-state index in [0.717, 1.165) is 30.9 Å². The molecule has 6 nitrogen and oxygen atoms in total. The number of ether oxygens (including phenoxy) is 1. The first-order chi connectivity index (χ1) is 10.6. The molecule has 2 heterocycles. The summed E-state index contributed by atoms with van der Waals surface area (Å²) in [4.78, 5) is 6.75. The molecule has 1 N–H and O–H groups in total. The third-order valence-electron chi connectivity index (χ3n) is 3.92. The number of rotatable bonds is 4. The smallest absolute Gasteiger partial charge is 0.267 e. The molecule has 22 heavy (non-hydrogen) atoms. The summed E-state index contributed by atoms with van der Waals surface area (Å²) in [6.07, 6.45) is -0.273. The molecule has 3 rings (SSSR count). The van der Waals surface area contributed by atoms with Crippen LogP contribution in [0.1, 0.15) is 36.3 Å². The number of nitrogens with zero attached hydrogens (tertiary/aromatic N) is 3. The molecule has 1 aromatic carbocycles. The summed E-state index contributed by atoms with van der Waals surface area (Å²) in [5, 5.41) is 7.48. The monoisotopic (exact) mass is 302 g/mol. The van der Waals surface area contributed by atoms with E-state index < -0.39 is 0 Å². The highest BCUT2D eigenvalue weighted by atomic mass is 16.5. The van der Waals surface area contributed by atoms with Crippen LogP contribution in [0.3, 0.4) is 0 Å². The molecule has 2 aromatic rings. The number of hydrogen-bond donors (Lipinski definition) is 1. The Morgan fingerprint density at radius 2 is 2.32 bits per heavy atom. The van der Waals surface area contributed by atoms with E-state index in [4.69, 9.17) is 9.26 Å². The van der Waals surface area contributed by atoms with Crippen molar-refractivity contribution in [2.24, 2.45) is 0 Å². The molecule has 1 aliphatic rings. The molecule has 2 atom stereocenters. The normalized spacial score (nSPS) is 20.8. The first-order valence-corrected chi connectivity index (χ1v) is 7.61. The van der Waals surface area contributed by atoms with E-state index in [1.54, 1.807) is 0 Å². The van der Waals surface area contributed by atoms with Crippen molar-refractivity contribution in [2.75, 3.05) is 26.7 Å². The summed E-state index contributed by atoms with van der Waals surface area (Å²) in [6.45, 7) is 6.76. The van der Waals surface area contributed by atoms with Gasteiger partial charge in [-0.05, 0) is 38.6 Å². The number of likely N-dealkylation sites (N-methyl/N-ethyl adjacent to an activating group) is 1. The molecule has 0 amide bonds. The van der Waals surface area contributed by atoms with Gasteiger partial charge < -0.3 is 14.6 Å². The maximum Gasteiger partial charge on any atom is 0.267 e. The van der Waals surface area contributed by atoms with Gasteiger partial charge in [-0.1, -0.05) is 17.3 Å². The predicted molar refractivity (Wildman–Crippen MR) is 82.8 cm³/mol. The highest BCUT2D eigenvalue weighted by molar-refractivity contribution is 5.27. The van der Waals surface area contributed by atoms with Crippen molar-refractivity contribution in [3.05, 3.63) is 41.5 Å². The predicted octanol–water partition coefficient (Wildman–Crippen LogP) is 2.09. The van der Waals surface area contributed by atoms with Gasteiger partial charge in [-0.2, -0.15) is 4.98 Å². The van der Waals surface area contributed by atoms with Gasteiger partial charge in [0.1, 0.15) is 5.75 Å². The van der Waals surface area contributed by atoms with Crippen molar-refractivity contribution >= 4 is 0 Å². The van der Waals surface area contributed by atoms with Crippen molar-refractivity contribution in [3.63, 3.8) is 0 Å². The van der Waals surface area contributed by atoms with Crippen LogP contribution in [-0.2, 0) is 0 Å². The Balaban J connectivity index is 1.70. The minimum atomic E-state index is -0.273. The molecule has 0 bridgehead atoms. The molecule has 0 aliphatic carbocycles. The Bertz CT molecular complexity index is 628. The van der Waals surface area contributed by atoms with E-state index in [1.807, 2.05) is 38.1 Å². The van der Waals surface area contributed by atoms with Crippen LogP contribution in [0.5, 0.6) is 5.75 Å². The molecular formula is C16H22N4O2. The van der Waals surface area contributed by atoms with Crippen molar-refractivity contribution < 1.29 is 9.26 Å². The number of piperazine rings is 1. The fourth-order valence-electron chi connectivity index (χ4n) is 2.59. The number of benzene rings is 1. The lowest BCUT2D eigenvalue weighted by Crippen LogP contribution is -2.44. The summed E-state index contributed by atoms with van der Waals surface area (Å²) in [6, 6.07) is 8.08. The summed E-state index contributed by atoms with van der Waals surface area (Å²) in [5.74, 6) is 2.03. The summed E-state index contributed by atoms with van der Waals surface area (Å²) in [7, 11) is 2.08. The van der Waals surface area contributed by atoms with Crippen LogP contribution in [0.25, 0.3) is 0 Å². The third-order valence-corrected chi connectivity index (χ3v) is 3.92. The maximum absolute atomic E-state index is 5.88. The fraction of sp³-hybridized carbons (Fsp3) is 0.500. The van der Waals surface area contributed by atoms with Crippen LogP contribution < -0.4 is 10.1 Å². The molecule has 6 heteroatoms. The topological polar surface area (TPSA) is 63.4 Å². The molecule has 1 aliphatic heterocycles. The van der Waals surface area contributed by atoms with Crippen molar-refractivity contribution in [1.82, 2.24) is 20.4 Å². The molecule has 0 radical (unpaired) electrons. The Hall–Kier alpha value is -1.92. The highest BCUT2D eigenvalue weighted by Crippen LogP contribution is 2.24. The molecular weight excluding hydrogens is 280 g/mol. The quantitative estimate of drug-likeness (QED) is 0.933. The molecule has 0 saturated carbocycles. The van der Waals surface area contributed by atoms with E-state index in [0.29, 0.717) is 11.7 Å². The first-order valence-electron chi connectivity index (χ1n) is 7.61. The highest BCUT2D eigenvalue weighted by Gasteiger charge is 2.26. The second-order valence-corrected chi connectivity index (χ2v) is 5.77. The van der Waals surface area contributed by atoms with Gasteiger partial charge in [-0.3, -0.25) is 4.90 Å². The number of aryl methyl sites for hydroxylation is 1. The lowest BCUT2D eigenvalue weighted by Gasteiger charge is -2.30. The van der Waals surface area contributed by atoms with Crippen LogP contribution in [0.4, 0.5) is 0 Å². The molecule has 1 saturated heterocycles. The van der Waals surface area contributed by atoms with E-state index in [1.165, 1.54) is 0 Å². The van der Waals surface area contributed by atoms with Gasteiger partial charge in [0.15, 0.2) is 11.9 Å². The zero-order valence-corrected chi connectivity index (χ0v) is 13.2. The molecule has 118 valence electrons. The second kappa shape index (κ2) is 6.46. The molecule has 0 spiro atoms. The fourth-order valence-corrected chi connectivity index (χ4v) is 2.59. The van der Waals surface area contributed by atoms with Gasteiger partial charge in [0.2, 0.25) is 0 Å². The summed E-state index contributed by atoms with van der Waals surface area (Å²) < 4.78 is 11.3. The molecule has 1 fully saturated rings. The van der Waals surface area contributed by atoms with Crippen molar-refractivity contribution in [3.8, 4) is 5.75 Å². The number of aromatic nitrogens is 2. The summed E-state index contributed by atoms with van der Waals surface area (Å²) >= 11 is 0. The van der Waals surface area contributed by atoms with Gasteiger partial charge in [-0.15, -0.1) is 0 Å². The number of nitrogens with one attached hydrogen (secondary N) is 1. The van der Waals surface area contributed by atoms with Crippen molar-refractivity contribution in [1.29, 1.82) is 0 Å². The average Bonchev–Trinajstić information content (AvgIpc) is 2.97. The van der Waals surface area contributed by atoms with E-state index in [9.17, 15) is 0 Å². The van der Waals surface area contributed by atoms with Gasteiger partial charge in [0.05, 0.1) is 6.04 Å². The Morgan fingerprint density at radius 3 is 3.09 bits per heavy atom. The van der Waals surface area contributed by atoms with E-state index >= 15 is 0 Å². The Kier molecular flexibility index (Phi) is 4.40. The maximum atomic E-state index is 5.88. The average molecular weight is 302 g/mol. The Labute approximate surface area is 130 Å². The SMILES string of the molecule is Cc1cccc(OC(C)c2nc(C3CNCCN3C)no2)c1. The minimum Gasteiger partial charge on any atom is -0.481 e. The first kappa shape index (κ1) is 15.0. The Morgan fingerprint density at radius 1 is 1.45 bits per heavy atom. The molecule has 2 unspecified atom stereocenters. The van der Waals surface area contributed by atoms with E-state index in [-0.39, 0.29) is 12.1 Å². The van der Waals surface area contributed by atoms with Gasteiger partial charge >= 0.3 is 0 Å². The zero-order valence-electron chi connectivity index (χ0n) is 13.2. The third kappa shape index (κ3) is 3.28. The van der Waals surface area contributed by atoms with E-state index in [2.05, 4.69) is 27.4 Å². The molecule has 1 aromatic heterocycles. The number of hydrogen-bond acceptors (Lipinski definition) is 6. The van der Waals surface area contributed by atoms with Crippen LogP contribution >= 0.6 is 0 Å². The van der Waals surface area contributed by atoms with Gasteiger partial charge in [-0.25, -0.2) is 0 Å². The largest absolute Gasteiger partial charge is 0.481 e. The van der Waals surface area contributed by atoms with Gasteiger partial charge in [0.25, 0.3) is 5.89 Å². The summed E-state index contributed by atoms with van der Waals surface area (Å²) in [5.41, 5.74) is 1.16. The minimum absolute atomic E-state index is 0.150. The standard InChI is InChI=1S/C16H22N4O2/c1-11-5-4-6-13(9-11)21-12(2)16-18-15(19-22-16)14-10-17-7-8-20(14)3/h4-6,9,12,14,17H,7-8,10H2,1-3H3. The lowest BCUT2D eigenvalue weighted by molar-refractivity contribution is 0.173. The van der Waals surface area contributed by atoms with Crippen molar-refractivity contribution in [2.45, 2.75) is 26.0 Å². The second-order valence-electron chi connectivity index (χ2n) is 5.77.